The number of hydrogen-bond donors (Lipinski definition) is 1. The molecule has 0 bridgehead atoms. The lowest BCUT2D eigenvalue weighted by Crippen LogP contribution is -2.14. The molecule has 1 fully saturated rings. The van der Waals surface area contributed by atoms with Crippen LogP contribution in [0.2, 0.25) is 0 Å². The van der Waals surface area contributed by atoms with Gasteiger partial charge in [0.25, 0.3) is 0 Å². The molecule has 8 nitrogen and oxygen atoms in total. The van der Waals surface area contributed by atoms with Crippen LogP contribution in [-0.4, -0.2) is 30.2 Å². The Hall–Kier alpha value is -3.03. The van der Waals surface area contributed by atoms with Gasteiger partial charge in [-0.25, -0.2) is 9.67 Å². The molecule has 1 N–H and O–H groups in total. The van der Waals surface area contributed by atoms with E-state index in [1.165, 1.54) is 0 Å². The zero-order chi connectivity index (χ0) is 16.4. The lowest BCUT2D eigenvalue weighted by Gasteiger charge is -2.15. The van der Waals surface area contributed by atoms with Crippen LogP contribution in [0, 0.1) is 0 Å². The van der Waals surface area contributed by atoms with Gasteiger partial charge >= 0.3 is 0 Å². The van der Waals surface area contributed by atoms with Gasteiger partial charge in [0.2, 0.25) is 5.88 Å². The van der Waals surface area contributed by atoms with Crippen molar-refractivity contribution in [2.75, 3.05) is 5.32 Å². The van der Waals surface area contributed by atoms with Crippen molar-refractivity contribution in [3.8, 4) is 11.6 Å². The van der Waals surface area contributed by atoms with Gasteiger partial charge in [-0.15, -0.1) is 5.10 Å². The van der Waals surface area contributed by atoms with Gasteiger partial charge in [-0.1, -0.05) is 0 Å². The minimum absolute atomic E-state index is 0.0207. The first-order valence-corrected chi connectivity index (χ1v) is 7.88. The van der Waals surface area contributed by atoms with Crippen LogP contribution in [-0.2, 0) is 0 Å². The Kier molecular flexibility index (Phi) is 3.78. The topological polar surface area (TPSA) is 90.6 Å². The van der Waals surface area contributed by atoms with Crippen molar-refractivity contribution < 1.29 is 4.74 Å². The first-order chi connectivity index (χ1) is 11.8. The molecular formula is C16H17N7O. The summed E-state index contributed by atoms with van der Waals surface area (Å²) in [5.74, 6) is 2.03. The van der Waals surface area contributed by atoms with E-state index in [1.807, 2.05) is 28.9 Å². The smallest absolute Gasteiger partial charge is 0.237 e. The molecule has 3 aromatic rings. The van der Waals surface area contributed by atoms with Crippen LogP contribution in [0.4, 0.5) is 5.69 Å². The third-order valence-electron chi connectivity index (χ3n) is 3.80. The van der Waals surface area contributed by atoms with Gasteiger partial charge < -0.3 is 10.1 Å². The summed E-state index contributed by atoms with van der Waals surface area (Å²) >= 11 is 0. The van der Waals surface area contributed by atoms with Gasteiger partial charge in [0.05, 0.1) is 18.3 Å². The fraction of sp³-hybridized carbons (Fsp3) is 0.312. The Morgan fingerprint density at radius 2 is 2.04 bits per heavy atom. The van der Waals surface area contributed by atoms with E-state index in [0.717, 1.165) is 24.4 Å². The number of tetrazole rings is 1. The number of nitrogens with one attached hydrogen (secondary N) is 1. The van der Waals surface area contributed by atoms with E-state index >= 15 is 0 Å². The number of hydrogen-bond acceptors (Lipinski definition) is 7. The number of rotatable bonds is 6. The molecule has 0 spiro atoms. The Morgan fingerprint density at radius 3 is 2.75 bits per heavy atom. The van der Waals surface area contributed by atoms with Crippen molar-refractivity contribution in [1.82, 2.24) is 30.2 Å². The molecule has 122 valence electrons. The Morgan fingerprint density at radius 1 is 1.21 bits per heavy atom. The second kappa shape index (κ2) is 6.23. The summed E-state index contributed by atoms with van der Waals surface area (Å²) in [7, 11) is 0. The van der Waals surface area contributed by atoms with E-state index in [-0.39, 0.29) is 6.04 Å². The van der Waals surface area contributed by atoms with Crippen LogP contribution < -0.4 is 10.1 Å². The molecule has 1 aliphatic carbocycles. The summed E-state index contributed by atoms with van der Waals surface area (Å²) < 4.78 is 7.55. The number of ether oxygens (including phenoxy) is 1. The van der Waals surface area contributed by atoms with Crippen molar-refractivity contribution in [2.24, 2.45) is 0 Å². The molecule has 8 heteroatoms. The van der Waals surface area contributed by atoms with E-state index in [0.29, 0.717) is 17.7 Å². The van der Waals surface area contributed by atoms with Crippen molar-refractivity contribution in [2.45, 2.75) is 31.8 Å². The number of benzene rings is 1. The first kappa shape index (κ1) is 14.6. The van der Waals surface area contributed by atoms with Crippen LogP contribution >= 0.6 is 0 Å². The van der Waals surface area contributed by atoms with E-state index < -0.39 is 0 Å². The zero-order valence-corrected chi connectivity index (χ0v) is 13.2. The SMILES string of the molecule is C[C@@H](Nc1ccc(Oc2cnccn2)cc1)c1nnnn1C1CC1. The van der Waals surface area contributed by atoms with Gasteiger partial charge in [-0.2, -0.15) is 0 Å². The summed E-state index contributed by atoms with van der Waals surface area (Å²) in [5, 5.41) is 15.4. The molecule has 1 aromatic carbocycles. The molecule has 0 saturated heterocycles. The summed E-state index contributed by atoms with van der Waals surface area (Å²) in [6.45, 7) is 2.05. The fourth-order valence-electron chi connectivity index (χ4n) is 2.46. The van der Waals surface area contributed by atoms with Crippen molar-refractivity contribution in [3.63, 3.8) is 0 Å². The zero-order valence-electron chi connectivity index (χ0n) is 13.2. The van der Waals surface area contributed by atoms with Gasteiger partial charge in [-0.05, 0) is 54.5 Å². The highest BCUT2D eigenvalue weighted by atomic mass is 16.5. The summed E-state index contributed by atoms with van der Waals surface area (Å²) in [6.07, 6.45) is 7.08. The molecule has 24 heavy (non-hydrogen) atoms. The molecule has 0 unspecified atom stereocenters. The summed E-state index contributed by atoms with van der Waals surface area (Å²) in [5.41, 5.74) is 0.972. The second-order valence-corrected chi connectivity index (χ2v) is 5.75. The Balaban J connectivity index is 1.42. The third kappa shape index (κ3) is 3.17. The predicted octanol–water partition coefficient (Wildman–Crippen LogP) is 2.76. The number of aromatic nitrogens is 6. The molecule has 2 aromatic heterocycles. The standard InChI is InChI=1S/C16H17N7O/c1-11(16-20-21-22-23(16)13-4-5-13)19-12-2-6-14(7-3-12)24-15-10-17-8-9-18-15/h2-3,6-11,13,19H,4-5H2,1H3/t11-/m1/s1. The van der Waals surface area contributed by atoms with E-state index in [9.17, 15) is 0 Å². The van der Waals surface area contributed by atoms with E-state index in [4.69, 9.17) is 4.74 Å². The van der Waals surface area contributed by atoms with Crippen LogP contribution in [0.15, 0.2) is 42.9 Å². The molecule has 0 aliphatic heterocycles. The van der Waals surface area contributed by atoms with Crippen molar-refractivity contribution >= 4 is 5.69 Å². The van der Waals surface area contributed by atoms with Crippen LogP contribution in [0.3, 0.4) is 0 Å². The Labute approximate surface area is 138 Å². The molecule has 4 rings (SSSR count). The highest BCUT2D eigenvalue weighted by Crippen LogP contribution is 2.35. The number of nitrogens with zero attached hydrogens (tertiary/aromatic N) is 6. The lowest BCUT2D eigenvalue weighted by atomic mass is 10.2. The Bertz CT molecular complexity index is 799. The van der Waals surface area contributed by atoms with Gasteiger partial charge in [-0.3, -0.25) is 4.98 Å². The van der Waals surface area contributed by atoms with Gasteiger partial charge in [0, 0.05) is 18.1 Å². The normalized spacial score (nSPS) is 15.0. The van der Waals surface area contributed by atoms with Crippen LogP contribution in [0.1, 0.15) is 37.7 Å². The highest BCUT2D eigenvalue weighted by molar-refractivity contribution is 5.47. The molecule has 1 atom stereocenters. The maximum Gasteiger partial charge on any atom is 0.237 e. The molecule has 1 aliphatic rings. The average Bonchev–Trinajstić information content (AvgIpc) is 3.34. The minimum atomic E-state index is 0.0207. The summed E-state index contributed by atoms with van der Waals surface area (Å²) in [4.78, 5) is 8.06. The first-order valence-electron chi connectivity index (χ1n) is 7.88. The molecular weight excluding hydrogens is 306 g/mol. The predicted molar refractivity (Wildman–Crippen MR) is 86.7 cm³/mol. The van der Waals surface area contributed by atoms with Crippen molar-refractivity contribution in [3.05, 3.63) is 48.7 Å². The van der Waals surface area contributed by atoms with Crippen LogP contribution in [0.25, 0.3) is 0 Å². The minimum Gasteiger partial charge on any atom is -0.438 e. The lowest BCUT2D eigenvalue weighted by molar-refractivity contribution is 0.460. The highest BCUT2D eigenvalue weighted by Gasteiger charge is 2.29. The van der Waals surface area contributed by atoms with Crippen molar-refractivity contribution in [1.29, 1.82) is 0 Å². The van der Waals surface area contributed by atoms with Gasteiger partial charge in [0.15, 0.2) is 5.82 Å². The number of anilines is 1. The third-order valence-corrected chi connectivity index (χ3v) is 3.80. The quantitative estimate of drug-likeness (QED) is 0.745. The van der Waals surface area contributed by atoms with E-state index in [2.05, 4.69) is 37.7 Å². The second-order valence-electron chi connectivity index (χ2n) is 5.75. The maximum absolute atomic E-state index is 5.63. The molecule has 2 heterocycles. The fourth-order valence-corrected chi connectivity index (χ4v) is 2.46. The summed E-state index contributed by atoms with van der Waals surface area (Å²) in [6, 6.07) is 8.15. The molecule has 0 radical (unpaired) electrons. The molecule has 1 saturated carbocycles. The van der Waals surface area contributed by atoms with E-state index in [1.54, 1.807) is 18.6 Å². The average molecular weight is 323 g/mol. The largest absolute Gasteiger partial charge is 0.438 e. The van der Waals surface area contributed by atoms with Crippen LogP contribution in [0.5, 0.6) is 11.6 Å². The monoisotopic (exact) mass is 323 g/mol. The molecule has 0 amide bonds. The maximum atomic E-state index is 5.63. The van der Waals surface area contributed by atoms with Gasteiger partial charge in [0.1, 0.15) is 5.75 Å².